The lowest BCUT2D eigenvalue weighted by Crippen LogP contribution is -2.39. The molecular formula is C19H28ClNO. The van der Waals surface area contributed by atoms with Gasteiger partial charge in [-0.15, -0.1) is 12.4 Å². The average molecular weight is 322 g/mol. The molecule has 3 aliphatic rings. The van der Waals surface area contributed by atoms with Gasteiger partial charge in [0, 0.05) is 17.5 Å². The standard InChI is InChI=1S/C19H27NO.ClH/c1-21-18-4-2-3-15-9-10-17(20-12-14-7-8-14)16(19(15)18)11-13-5-6-13;/h2-4,13-14,16-17,20H,5-12H2,1H3;1H/t16-,17+;/m0./s1. The van der Waals surface area contributed by atoms with Crippen LogP contribution in [0.15, 0.2) is 18.2 Å². The molecule has 22 heavy (non-hydrogen) atoms. The number of benzene rings is 1. The number of rotatable bonds is 6. The van der Waals surface area contributed by atoms with Crippen LogP contribution in [0.4, 0.5) is 0 Å². The molecular weight excluding hydrogens is 294 g/mol. The van der Waals surface area contributed by atoms with Crippen molar-refractivity contribution in [3.63, 3.8) is 0 Å². The predicted molar refractivity (Wildman–Crippen MR) is 93.2 cm³/mol. The molecule has 0 saturated heterocycles. The van der Waals surface area contributed by atoms with Crippen molar-refractivity contribution in [2.24, 2.45) is 11.8 Å². The first-order valence-electron chi connectivity index (χ1n) is 8.74. The van der Waals surface area contributed by atoms with Gasteiger partial charge < -0.3 is 10.1 Å². The lowest BCUT2D eigenvalue weighted by atomic mass is 9.76. The van der Waals surface area contributed by atoms with Gasteiger partial charge in [-0.3, -0.25) is 0 Å². The highest BCUT2D eigenvalue weighted by molar-refractivity contribution is 5.85. The number of hydrogen-bond acceptors (Lipinski definition) is 2. The molecule has 2 atom stereocenters. The molecule has 3 heteroatoms. The first-order chi connectivity index (χ1) is 10.3. The molecule has 0 unspecified atom stereocenters. The molecule has 1 aromatic carbocycles. The normalized spacial score (nSPS) is 27.0. The Balaban J connectivity index is 0.00000144. The van der Waals surface area contributed by atoms with E-state index in [1.807, 2.05) is 7.11 Å². The van der Waals surface area contributed by atoms with Crippen LogP contribution in [0.2, 0.25) is 0 Å². The number of halogens is 1. The predicted octanol–water partition coefficient (Wildman–Crippen LogP) is 4.32. The summed E-state index contributed by atoms with van der Waals surface area (Å²) in [6, 6.07) is 7.29. The Bertz CT molecular complexity index is 496. The number of ether oxygens (including phenoxy) is 1. The fourth-order valence-corrected chi connectivity index (χ4v) is 4.00. The van der Waals surface area contributed by atoms with E-state index in [-0.39, 0.29) is 12.4 Å². The van der Waals surface area contributed by atoms with Crippen LogP contribution in [0.1, 0.15) is 55.6 Å². The summed E-state index contributed by atoms with van der Waals surface area (Å²) in [5.41, 5.74) is 3.05. The molecule has 1 aromatic rings. The van der Waals surface area contributed by atoms with Crippen LogP contribution in [0.3, 0.4) is 0 Å². The first kappa shape index (κ1) is 16.1. The van der Waals surface area contributed by atoms with Crippen LogP contribution in [0.25, 0.3) is 0 Å². The van der Waals surface area contributed by atoms with E-state index < -0.39 is 0 Å². The molecule has 4 rings (SSSR count). The van der Waals surface area contributed by atoms with Gasteiger partial charge in [-0.05, 0) is 62.1 Å². The molecule has 2 saturated carbocycles. The van der Waals surface area contributed by atoms with Gasteiger partial charge in [-0.1, -0.05) is 25.0 Å². The Labute approximate surface area is 140 Å². The van der Waals surface area contributed by atoms with Crippen LogP contribution in [-0.4, -0.2) is 19.7 Å². The van der Waals surface area contributed by atoms with Crippen molar-refractivity contribution in [2.45, 2.75) is 56.9 Å². The summed E-state index contributed by atoms with van der Waals surface area (Å²) in [7, 11) is 1.82. The molecule has 1 N–H and O–H groups in total. The van der Waals surface area contributed by atoms with Crippen LogP contribution in [0.5, 0.6) is 5.75 Å². The minimum absolute atomic E-state index is 0. The van der Waals surface area contributed by atoms with Gasteiger partial charge in [0.25, 0.3) is 0 Å². The molecule has 0 amide bonds. The molecule has 0 radical (unpaired) electrons. The van der Waals surface area contributed by atoms with Crippen LogP contribution in [-0.2, 0) is 6.42 Å². The van der Waals surface area contributed by atoms with Crippen molar-refractivity contribution in [1.29, 1.82) is 0 Å². The third kappa shape index (κ3) is 3.44. The molecule has 0 heterocycles. The SMILES string of the molecule is COc1cccc2c1[C@@H](CC1CC1)[C@H](NCC1CC1)CC2.Cl. The minimum Gasteiger partial charge on any atom is -0.496 e. The van der Waals surface area contributed by atoms with Crippen LogP contribution >= 0.6 is 12.4 Å². The maximum absolute atomic E-state index is 5.70. The third-order valence-corrected chi connectivity index (χ3v) is 5.61. The highest BCUT2D eigenvalue weighted by Gasteiger charge is 2.36. The fourth-order valence-electron chi connectivity index (χ4n) is 4.00. The minimum atomic E-state index is 0. The molecule has 0 bridgehead atoms. The van der Waals surface area contributed by atoms with Gasteiger partial charge in [0.15, 0.2) is 0 Å². The Kier molecular flexibility index (Phi) is 4.99. The van der Waals surface area contributed by atoms with Crippen molar-refractivity contribution >= 4 is 12.4 Å². The summed E-state index contributed by atoms with van der Waals surface area (Å²) in [6.07, 6.45) is 9.61. The lowest BCUT2D eigenvalue weighted by molar-refractivity contribution is 0.337. The Morgan fingerprint density at radius 1 is 1.09 bits per heavy atom. The summed E-state index contributed by atoms with van der Waals surface area (Å²) in [5, 5.41) is 3.90. The summed E-state index contributed by atoms with van der Waals surface area (Å²) in [5.74, 6) is 3.72. The second kappa shape index (κ2) is 6.80. The summed E-state index contributed by atoms with van der Waals surface area (Å²) < 4.78 is 5.70. The molecule has 0 spiro atoms. The van der Waals surface area contributed by atoms with Gasteiger partial charge in [0.05, 0.1) is 7.11 Å². The Hall–Kier alpha value is -0.730. The van der Waals surface area contributed by atoms with Crippen LogP contribution < -0.4 is 10.1 Å². The number of nitrogens with one attached hydrogen (secondary N) is 1. The van der Waals surface area contributed by atoms with Crippen molar-refractivity contribution in [2.75, 3.05) is 13.7 Å². The summed E-state index contributed by atoms with van der Waals surface area (Å²) >= 11 is 0. The fraction of sp³-hybridized carbons (Fsp3) is 0.684. The van der Waals surface area contributed by atoms with E-state index in [0.717, 1.165) is 17.6 Å². The van der Waals surface area contributed by atoms with Gasteiger partial charge in [-0.25, -0.2) is 0 Å². The maximum atomic E-state index is 5.70. The first-order valence-corrected chi connectivity index (χ1v) is 8.74. The molecule has 3 aliphatic carbocycles. The van der Waals surface area contributed by atoms with E-state index in [1.54, 1.807) is 0 Å². The van der Waals surface area contributed by atoms with Gasteiger partial charge in [0.2, 0.25) is 0 Å². The van der Waals surface area contributed by atoms with E-state index >= 15 is 0 Å². The van der Waals surface area contributed by atoms with Crippen molar-refractivity contribution in [1.82, 2.24) is 5.32 Å². The lowest BCUT2D eigenvalue weighted by Gasteiger charge is -2.35. The third-order valence-electron chi connectivity index (χ3n) is 5.61. The van der Waals surface area contributed by atoms with E-state index in [9.17, 15) is 0 Å². The van der Waals surface area contributed by atoms with Crippen LogP contribution in [0, 0.1) is 11.8 Å². The van der Waals surface area contributed by atoms with Gasteiger partial charge in [-0.2, -0.15) is 0 Å². The largest absolute Gasteiger partial charge is 0.496 e. The number of hydrogen-bond donors (Lipinski definition) is 1. The zero-order valence-corrected chi connectivity index (χ0v) is 14.3. The highest BCUT2D eigenvalue weighted by atomic mass is 35.5. The Morgan fingerprint density at radius 3 is 2.55 bits per heavy atom. The molecule has 122 valence electrons. The molecule has 2 nitrogen and oxygen atoms in total. The van der Waals surface area contributed by atoms with Gasteiger partial charge >= 0.3 is 0 Å². The molecule has 2 fully saturated rings. The zero-order valence-electron chi connectivity index (χ0n) is 13.5. The second-order valence-electron chi connectivity index (χ2n) is 7.32. The monoisotopic (exact) mass is 321 g/mol. The number of fused-ring (bicyclic) bond motifs is 1. The average Bonchev–Trinajstić information content (AvgIpc) is 3.40. The zero-order chi connectivity index (χ0) is 14.2. The molecule has 0 aliphatic heterocycles. The van der Waals surface area contributed by atoms with E-state index in [2.05, 4.69) is 23.5 Å². The van der Waals surface area contributed by atoms with Crippen molar-refractivity contribution < 1.29 is 4.74 Å². The Morgan fingerprint density at radius 2 is 1.86 bits per heavy atom. The van der Waals surface area contributed by atoms with E-state index in [4.69, 9.17) is 4.74 Å². The van der Waals surface area contributed by atoms with Gasteiger partial charge in [0.1, 0.15) is 5.75 Å². The second-order valence-corrected chi connectivity index (χ2v) is 7.32. The van der Waals surface area contributed by atoms with Crippen molar-refractivity contribution in [3.05, 3.63) is 29.3 Å². The summed E-state index contributed by atoms with van der Waals surface area (Å²) in [6.45, 7) is 1.23. The molecule has 0 aromatic heterocycles. The number of aryl methyl sites for hydroxylation is 1. The smallest absolute Gasteiger partial charge is 0.122 e. The van der Waals surface area contributed by atoms with Crippen molar-refractivity contribution in [3.8, 4) is 5.75 Å². The van der Waals surface area contributed by atoms with E-state index in [1.165, 1.54) is 62.6 Å². The van der Waals surface area contributed by atoms with E-state index in [0.29, 0.717) is 12.0 Å². The maximum Gasteiger partial charge on any atom is 0.122 e. The quantitative estimate of drug-likeness (QED) is 0.842. The topological polar surface area (TPSA) is 21.3 Å². The summed E-state index contributed by atoms with van der Waals surface area (Å²) in [4.78, 5) is 0. The highest BCUT2D eigenvalue weighted by Crippen LogP contribution is 2.46. The number of methoxy groups -OCH3 is 1.